The molecule has 5 aromatic carbocycles. The first-order chi connectivity index (χ1) is 22.8. The van der Waals surface area contributed by atoms with Crippen molar-refractivity contribution >= 4 is 32.7 Å². The molecule has 4 aromatic heterocycles. The Hall–Kier alpha value is -6.33. The van der Waals surface area contributed by atoms with E-state index >= 15 is 0 Å². The molecule has 5 heteroatoms. The number of pyridine rings is 2. The second-order valence-corrected chi connectivity index (χ2v) is 11.4. The van der Waals surface area contributed by atoms with E-state index in [4.69, 9.17) is 15.1 Å². The number of hydrogen-bond donors (Lipinski definition) is 1. The molecule has 5 nitrogen and oxygen atoms in total. The number of aromatic nitrogens is 5. The predicted molar refractivity (Wildman–Crippen MR) is 188 cm³/mol. The first-order valence-corrected chi connectivity index (χ1v) is 15.4. The fourth-order valence-corrected chi connectivity index (χ4v) is 6.44. The number of H-pyrrole nitrogens is 1. The van der Waals surface area contributed by atoms with Gasteiger partial charge in [-0.15, -0.1) is 0 Å². The Morgan fingerprint density at radius 3 is 2.00 bits per heavy atom. The van der Waals surface area contributed by atoms with Crippen LogP contribution in [0.1, 0.15) is 0 Å². The second kappa shape index (κ2) is 10.7. The summed E-state index contributed by atoms with van der Waals surface area (Å²) < 4.78 is 1.98. The molecule has 216 valence electrons. The number of nitrogens with zero attached hydrogens (tertiary/aromatic N) is 4. The molecule has 0 atom stereocenters. The Kier molecular flexibility index (Phi) is 6.06. The molecule has 0 aliphatic carbocycles. The normalized spacial score (nSPS) is 11.5. The highest BCUT2D eigenvalue weighted by Crippen LogP contribution is 2.37. The second-order valence-electron chi connectivity index (χ2n) is 11.4. The molecule has 1 N–H and O–H groups in total. The summed E-state index contributed by atoms with van der Waals surface area (Å²) in [6.45, 7) is 0. The molecule has 0 aliphatic rings. The number of aromatic amines is 1. The quantitative estimate of drug-likeness (QED) is 0.217. The van der Waals surface area contributed by atoms with Crippen LogP contribution in [0.4, 0.5) is 0 Å². The summed E-state index contributed by atoms with van der Waals surface area (Å²) in [6, 6.07) is 52.4. The van der Waals surface area contributed by atoms with Gasteiger partial charge in [-0.2, -0.15) is 5.10 Å². The molecule has 0 fully saturated rings. The minimum absolute atomic E-state index is 0.731. The lowest BCUT2D eigenvalue weighted by molar-refractivity contribution is 0.880. The van der Waals surface area contributed by atoms with Gasteiger partial charge in [-0.1, -0.05) is 115 Å². The van der Waals surface area contributed by atoms with Crippen molar-refractivity contribution in [3.63, 3.8) is 0 Å². The van der Waals surface area contributed by atoms with Crippen molar-refractivity contribution in [2.24, 2.45) is 0 Å². The van der Waals surface area contributed by atoms with Crippen molar-refractivity contribution in [2.75, 3.05) is 0 Å². The lowest BCUT2D eigenvalue weighted by Crippen LogP contribution is -2.02. The van der Waals surface area contributed by atoms with Crippen LogP contribution in [-0.2, 0) is 0 Å². The Morgan fingerprint density at radius 2 is 1.17 bits per heavy atom. The Labute approximate surface area is 265 Å². The smallest absolute Gasteiger partial charge is 0.155 e. The summed E-state index contributed by atoms with van der Waals surface area (Å²) >= 11 is 0. The Balaban J connectivity index is 1.27. The van der Waals surface area contributed by atoms with E-state index in [1.165, 1.54) is 10.8 Å². The lowest BCUT2D eigenvalue weighted by Gasteiger charge is -2.11. The molecular formula is C41H27N5. The topological polar surface area (TPSA) is 59.4 Å². The molecule has 46 heavy (non-hydrogen) atoms. The van der Waals surface area contributed by atoms with E-state index < -0.39 is 0 Å². The average Bonchev–Trinajstić information content (AvgIpc) is 3.71. The summed E-state index contributed by atoms with van der Waals surface area (Å²) in [7, 11) is 0. The number of hydrogen-bond acceptors (Lipinski definition) is 3. The van der Waals surface area contributed by atoms with Gasteiger partial charge in [0.1, 0.15) is 5.69 Å². The fraction of sp³-hybridized carbons (Fsp3) is 0. The van der Waals surface area contributed by atoms with Crippen LogP contribution in [0, 0.1) is 0 Å². The summed E-state index contributed by atoms with van der Waals surface area (Å²) in [5.74, 6) is 0.731. The van der Waals surface area contributed by atoms with Crippen molar-refractivity contribution in [1.82, 2.24) is 24.7 Å². The molecule has 0 unspecified atom stereocenters. The highest BCUT2D eigenvalue weighted by Gasteiger charge is 2.19. The molecule has 0 saturated carbocycles. The minimum Gasteiger partial charge on any atom is -0.354 e. The van der Waals surface area contributed by atoms with Gasteiger partial charge < -0.3 is 4.98 Å². The number of para-hydroxylation sites is 3. The zero-order chi connectivity index (χ0) is 30.5. The van der Waals surface area contributed by atoms with Crippen molar-refractivity contribution in [2.45, 2.75) is 0 Å². The van der Waals surface area contributed by atoms with Gasteiger partial charge in [0.2, 0.25) is 0 Å². The molecule has 0 bridgehead atoms. The van der Waals surface area contributed by atoms with Crippen LogP contribution in [0.3, 0.4) is 0 Å². The molecule has 0 amide bonds. The van der Waals surface area contributed by atoms with Gasteiger partial charge in [0.25, 0.3) is 0 Å². The first kappa shape index (κ1) is 26.1. The van der Waals surface area contributed by atoms with Crippen molar-refractivity contribution in [1.29, 1.82) is 0 Å². The minimum atomic E-state index is 0.731. The first-order valence-electron chi connectivity index (χ1n) is 15.4. The van der Waals surface area contributed by atoms with E-state index in [2.05, 4.69) is 138 Å². The summed E-state index contributed by atoms with van der Waals surface area (Å²) in [5, 5.41) is 8.75. The third-order valence-electron chi connectivity index (χ3n) is 8.65. The predicted octanol–water partition coefficient (Wildman–Crippen LogP) is 10.1. The maximum absolute atomic E-state index is 5.30. The molecule has 9 aromatic rings. The van der Waals surface area contributed by atoms with Crippen molar-refractivity contribution in [3.05, 3.63) is 158 Å². The zero-order valence-electron chi connectivity index (χ0n) is 24.8. The van der Waals surface area contributed by atoms with Gasteiger partial charge in [-0.05, 0) is 58.7 Å². The summed E-state index contributed by atoms with van der Waals surface area (Å²) in [4.78, 5) is 13.7. The van der Waals surface area contributed by atoms with Gasteiger partial charge in [-0.3, -0.25) is 4.98 Å². The number of nitrogens with one attached hydrogen (secondary N) is 1. The Morgan fingerprint density at radius 1 is 0.500 bits per heavy atom. The molecular weight excluding hydrogens is 562 g/mol. The zero-order valence-corrected chi connectivity index (χ0v) is 24.8. The number of benzene rings is 5. The molecule has 0 saturated heterocycles. The standard InChI is InChI=1S/C41H27N5/c1-3-12-27(13-4-1)29-22-23-42-36(24-29)37-25-30(28-14-5-2-6-15-28)26-39(43-37)46-38-21-10-8-17-33(38)41(45-46)34-19-11-18-32-31-16-7-9-20-35(31)44-40(32)34/h1-26,44H. The van der Waals surface area contributed by atoms with Crippen LogP contribution < -0.4 is 0 Å². The van der Waals surface area contributed by atoms with Crippen LogP contribution in [0.5, 0.6) is 0 Å². The monoisotopic (exact) mass is 589 g/mol. The maximum atomic E-state index is 5.30. The summed E-state index contributed by atoms with van der Waals surface area (Å²) in [5.41, 5.74) is 11.1. The van der Waals surface area contributed by atoms with E-state index in [-0.39, 0.29) is 0 Å². The van der Waals surface area contributed by atoms with E-state index in [1.807, 2.05) is 29.1 Å². The third-order valence-corrected chi connectivity index (χ3v) is 8.65. The van der Waals surface area contributed by atoms with E-state index in [9.17, 15) is 0 Å². The van der Waals surface area contributed by atoms with Gasteiger partial charge in [0.05, 0.1) is 22.4 Å². The SMILES string of the molecule is c1ccc(-c2ccnc(-c3cc(-c4ccccc4)cc(-n4nc(-c5cccc6c5[nH]c5ccccc56)c5ccccc54)n3)c2)cc1. The number of rotatable bonds is 5. The van der Waals surface area contributed by atoms with Crippen LogP contribution in [0.15, 0.2) is 158 Å². The molecule has 0 radical (unpaired) electrons. The lowest BCUT2D eigenvalue weighted by atomic mass is 10.0. The fourth-order valence-electron chi connectivity index (χ4n) is 6.44. The number of fused-ring (bicyclic) bond motifs is 4. The van der Waals surface area contributed by atoms with E-state index in [0.29, 0.717) is 0 Å². The summed E-state index contributed by atoms with van der Waals surface area (Å²) in [6.07, 6.45) is 1.86. The highest BCUT2D eigenvalue weighted by atomic mass is 15.3. The maximum Gasteiger partial charge on any atom is 0.155 e. The largest absolute Gasteiger partial charge is 0.354 e. The van der Waals surface area contributed by atoms with Gasteiger partial charge in [0, 0.05) is 33.4 Å². The van der Waals surface area contributed by atoms with Crippen molar-refractivity contribution < 1.29 is 0 Å². The third kappa shape index (κ3) is 4.37. The molecule has 9 rings (SSSR count). The van der Waals surface area contributed by atoms with Gasteiger partial charge in [-0.25, -0.2) is 9.67 Å². The Bertz CT molecular complexity index is 2530. The van der Waals surface area contributed by atoms with Gasteiger partial charge >= 0.3 is 0 Å². The molecule has 4 heterocycles. The van der Waals surface area contributed by atoms with Crippen LogP contribution in [-0.4, -0.2) is 24.7 Å². The average molecular weight is 590 g/mol. The van der Waals surface area contributed by atoms with E-state index in [1.54, 1.807) is 0 Å². The highest BCUT2D eigenvalue weighted by molar-refractivity contribution is 6.13. The molecule has 0 spiro atoms. The van der Waals surface area contributed by atoms with Crippen LogP contribution in [0.25, 0.3) is 83.4 Å². The van der Waals surface area contributed by atoms with E-state index in [0.717, 1.165) is 72.7 Å². The van der Waals surface area contributed by atoms with Crippen molar-refractivity contribution in [3.8, 4) is 50.7 Å². The van der Waals surface area contributed by atoms with Crippen LogP contribution in [0.2, 0.25) is 0 Å². The molecule has 0 aliphatic heterocycles. The van der Waals surface area contributed by atoms with Gasteiger partial charge in [0.15, 0.2) is 5.82 Å². The van der Waals surface area contributed by atoms with Crippen LogP contribution >= 0.6 is 0 Å².